The van der Waals surface area contributed by atoms with Gasteiger partial charge in [0.2, 0.25) is 5.91 Å². The lowest BCUT2D eigenvalue weighted by Gasteiger charge is -2.29. The van der Waals surface area contributed by atoms with Crippen LogP contribution in [0.25, 0.3) is 0 Å². The summed E-state index contributed by atoms with van der Waals surface area (Å²) in [5, 5.41) is 6.16. The van der Waals surface area contributed by atoms with Gasteiger partial charge in [0.15, 0.2) is 0 Å². The fourth-order valence-corrected chi connectivity index (χ4v) is 2.58. The molecule has 116 valence electrons. The minimum Gasteiger partial charge on any atom is -0.466 e. The topological polar surface area (TPSA) is 67.4 Å². The third kappa shape index (κ3) is 6.89. The van der Waals surface area contributed by atoms with Crippen LogP contribution < -0.4 is 10.6 Å². The molecule has 5 nitrogen and oxygen atoms in total. The Kier molecular flexibility index (Phi) is 8.26. The smallest absolute Gasteiger partial charge is 0.305 e. The number of nitrogens with one attached hydrogen (secondary N) is 2. The molecule has 1 saturated carbocycles. The largest absolute Gasteiger partial charge is 0.466 e. The molecule has 0 aromatic rings. The molecule has 2 N–H and O–H groups in total. The van der Waals surface area contributed by atoms with E-state index in [9.17, 15) is 9.59 Å². The van der Waals surface area contributed by atoms with Gasteiger partial charge in [0, 0.05) is 12.5 Å². The number of esters is 1. The molecule has 0 radical (unpaired) electrons. The molecule has 1 aliphatic carbocycles. The third-order valence-corrected chi connectivity index (χ3v) is 3.78. The Morgan fingerprint density at radius 3 is 2.70 bits per heavy atom. The summed E-state index contributed by atoms with van der Waals surface area (Å²) in [5.74, 6) is 0.464. The molecular formula is C15H28N2O3. The number of hydrogen-bond donors (Lipinski definition) is 2. The number of ether oxygens (including phenoxy) is 1. The van der Waals surface area contributed by atoms with Gasteiger partial charge in [-0.2, -0.15) is 0 Å². The summed E-state index contributed by atoms with van der Waals surface area (Å²) in [7, 11) is 0. The van der Waals surface area contributed by atoms with Gasteiger partial charge in [0.25, 0.3) is 0 Å². The average Bonchev–Trinajstić information content (AvgIpc) is 2.41. The van der Waals surface area contributed by atoms with E-state index in [0.717, 1.165) is 6.42 Å². The van der Waals surface area contributed by atoms with Gasteiger partial charge >= 0.3 is 5.97 Å². The molecule has 2 unspecified atom stereocenters. The van der Waals surface area contributed by atoms with E-state index in [-0.39, 0.29) is 11.9 Å². The second-order valence-corrected chi connectivity index (χ2v) is 5.52. The van der Waals surface area contributed by atoms with Crippen molar-refractivity contribution in [2.24, 2.45) is 5.92 Å². The lowest BCUT2D eigenvalue weighted by Crippen LogP contribution is -2.44. The van der Waals surface area contributed by atoms with Crippen molar-refractivity contribution in [2.75, 3.05) is 19.7 Å². The Morgan fingerprint density at radius 1 is 1.25 bits per heavy atom. The molecule has 1 rings (SSSR count). The molecule has 0 spiro atoms. The Hall–Kier alpha value is -1.10. The number of rotatable bonds is 8. The van der Waals surface area contributed by atoms with Crippen molar-refractivity contribution < 1.29 is 14.3 Å². The summed E-state index contributed by atoms with van der Waals surface area (Å²) in [4.78, 5) is 22.9. The maximum atomic E-state index is 11.8. The molecule has 5 heteroatoms. The predicted molar refractivity (Wildman–Crippen MR) is 78.3 cm³/mol. The van der Waals surface area contributed by atoms with Crippen molar-refractivity contribution in [3.05, 3.63) is 0 Å². The van der Waals surface area contributed by atoms with Crippen molar-refractivity contribution in [1.29, 1.82) is 0 Å². The molecule has 2 atom stereocenters. The highest BCUT2D eigenvalue weighted by molar-refractivity contribution is 5.78. The maximum absolute atomic E-state index is 11.8. The van der Waals surface area contributed by atoms with Gasteiger partial charge in [0.1, 0.15) is 0 Å². The molecule has 0 heterocycles. The van der Waals surface area contributed by atoms with Crippen LogP contribution in [-0.2, 0) is 14.3 Å². The lowest BCUT2D eigenvalue weighted by atomic mass is 9.86. The zero-order valence-corrected chi connectivity index (χ0v) is 12.7. The van der Waals surface area contributed by atoms with Gasteiger partial charge in [-0.05, 0) is 38.6 Å². The second-order valence-electron chi connectivity index (χ2n) is 5.52. The lowest BCUT2D eigenvalue weighted by molar-refractivity contribution is -0.143. The van der Waals surface area contributed by atoms with Crippen molar-refractivity contribution >= 4 is 11.9 Å². The first-order chi connectivity index (χ1) is 9.63. The molecule has 20 heavy (non-hydrogen) atoms. The Morgan fingerprint density at radius 2 is 2.00 bits per heavy atom. The quantitative estimate of drug-likeness (QED) is 0.525. The Balaban J connectivity index is 2.04. The third-order valence-electron chi connectivity index (χ3n) is 3.78. The minimum atomic E-state index is -0.171. The van der Waals surface area contributed by atoms with Crippen molar-refractivity contribution in [2.45, 2.75) is 58.4 Å². The van der Waals surface area contributed by atoms with E-state index in [2.05, 4.69) is 17.6 Å². The summed E-state index contributed by atoms with van der Waals surface area (Å²) in [6, 6.07) is 0.331. The first-order valence-corrected chi connectivity index (χ1v) is 7.79. The molecule has 1 aliphatic rings. The van der Waals surface area contributed by atoms with Crippen LogP contribution in [0.4, 0.5) is 0 Å². The SMILES string of the molecule is CCOC(=O)CCCNCC(=O)NC1CCCCC1C. The van der Waals surface area contributed by atoms with E-state index < -0.39 is 0 Å². The number of carbonyl (C=O) groups is 2. The van der Waals surface area contributed by atoms with Gasteiger partial charge < -0.3 is 15.4 Å². The van der Waals surface area contributed by atoms with Crippen LogP contribution in [0.2, 0.25) is 0 Å². The monoisotopic (exact) mass is 284 g/mol. The molecule has 0 aliphatic heterocycles. The summed E-state index contributed by atoms with van der Waals surface area (Å²) in [5.41, 5.74) is 0. The van der Waals surface area contributed by atoms with E-state index in [0.29, 0.717) is 44.5 Å². The van der Waals surface area contributed by atoms with Crippen LogP contribution in [0.3, 0.4) is 0 Å². The Bertz CT molecular complexity index is 307. The van der Waals surface area contributed by atoms with Crippen LogP contribution in [0.5, 0.6) is 0 Å². The first kappa shape index (κ1) is 17.0. The van der Waals surface area contributed by atoms with Gasteiger partial charge in [-0.25, -0.2) is 0 Å². The molecule has 0 aromatic carbocycles. The van der Waals surface area contributed by atoms with E-state index in [4.69, 9.17) is 4.74 Å². The van der Waals surface area contributed by atoms with Crippen molar-refractivity contribution in [1.82, 2.24) is 10.6 Å². The van der Waals surface area contributed by atoms with E-state index in [1.54, 1.807) is 6.92 Å². The Labute approximate surface area is 121 Å². The summed E-state index contributed by atoms with van der Waals surface area (Å²) < 4.78 is 4.84. The second kappa shape index (κ2) is 9.75. The normalized spacial score (nSPS) is 22.3. The van der Waals surface area contributed by atoms with E-state index >= 15 is 0 Å². The molecule has 0 saturated heterocycles. The van der Waals surface area contributed by atoms with Crippen LogP contribution in [-0.4, -0.2) is 37.6 Å². The molecule has 1 amide bonds. The highest BCUT2D eigenvalue weighted by Crippen LogP contribution is 2.23. The van der Waals surface area contributed by atoms with Crippen LogP contribution in [0, 0.1) is 5.92 Å². The first-order valence-electron chi connectivity index (χ1n) is 7.79. The number of hydrogen-bond acceptors (Lipinski definition) is 4. The molecule has 1 fully saturated rings. The highest BCUT2D eigenvalue weighted by Gasteiger charge is 2.22. The highest BCUT2D eigenvalue weighted by atomic mass is 16.5. The van der Waals surface area contributed by atoms with Crippen molar-refractivity contribution in [3.8, 4) is 0 Å². The van der Waals surface area contributed by atoms with Gasteiger partial charge in [-0.1, -0.05) is 19.8 Å². The molecular weight excluding hydrogens is 256 g/mol. The van der Waals surface area contributed by atoms with E-state index in [1.807, 2.05) is 0 Å². The van der Waals surface area contributed by atoms with Gasteiger partial charge in [0.05, 0.1) is 13.2 Å². The zero-order valence-electron chi connectivity index (χ0n) is 12.7. The number of carbonyl (C=O) groups excluding carboxylic acids is 2. The van der Waals surface area contributed by atoms with Gasteiger partial charge in [-0.3, -0.25) is 9.59 Å². The summed E-state index contributed by atoms with van der Waals surface area (Å²) in [6.07, 6.45) is 5.89. The summed E-state index contributed by atoms with van der Waals surface area (Å²) in [6.45, 7) is 5.41. The average molecular weight is 284 g/mol. The minimum absolute atomic E-state index is 0.0554. The fourth-order valence-electron chi connectivity index (χ4n) is 2.58. The van der Waals surface area contributed by atoms with Crippen LogP contribution in [0.1, 0.15) is 52.4 Å². The maximum Gasteiger partial charge on any atom is 0.305 e. The zero-order chi connectivity index (χ0) is 14.8. The van der Waals surface area contributed by atoms with Crippen molar-refractivity contribution in [3.63, 3.8) is 0 Å². The summed E-state index contributed by atoms with van der Waals surface area (Å²) >= 11 is 0. The van der Waals surface area contributed by atoms with E-state index in [1.165, 1.54) is 19.3 Å². The van der Waals surface area contributed by atoms with Gasteiger partial charge in [-0.15, -0.1) is 0 Å². The number of amides is 1. The molecule has 0 aromatic heterocycles. The standard InChI is InChI=1S/C15H28N2O3/c1-3-20-15(19)9-6-10-16-11-14(18)17-13-8-5-4-7-12(13)2/h12-13,16H,3-11H2,1-2H3,(H,17,18). The van der Waals surface area contributed by atoms with Crippen LogP contribution >= 0.6 is 0 Å². The molecule has 0 bridgehead atoms. The fraction of sp³-hybridized carbons (Fsp3) is 0.867. The van der Waals surface area contributed by atoms with Crippen LogP contribution in [0.15, 0.2) is 0 Å². The predicted octanol–water partition coefficient (Wildman–Crippen LogP) is 1.61.